The van der Waals surface area contributed by atoms with Crippen molar-refractivity contribution in [2.45, 2.75) is 0 Å². The van der Waals surface area contributed by atoms with Crippen LogP contribution in [0.2, 0.25) is 5.02 Å². The van der Waals surface area contributed by atoms with Crippen LogP contribution in [-0.2, 0) is 0 Å². The van der Waals surface area contributed by atoms with Gasteiger partial charge in [0.1, 0.15) is 0 Å². The Labute approximate surface area is 138 Å². The Morgan fingerprint density at radius 3 is 2.50 bits per heavy atom. The molecule has 1 saturated heterocycles. The zero-order valence-electron chi connectivity index (χ0n) is 11.6. The molecule has 2 N–H and O–H groups in total. The molecule has 1 aromatic carbocycles. The number of carboxylic acids is 1. The van der Waals surface area contributed by atoms with Crippen LogP contribution in [0.1, 0.15) is 10.4 Å². The largest absolute Gasteiger partial charge is 0.477 e. The number of halogens is 2. The fourth-order valence-electron chi connectivity index (χ4n) is 2.37. The highest BCUT2D eigenvalue weighted by molar-refractivity contribution is 6.30. The average Bonchev–Trinajstić information content (AvgIpc) is 2.94. The monoisotopic (exact) mass is 343 g/mol. The lowest BCUT2D eigenvalue weighted by Gasteiger charge is -2.27. The van der Waals surface area contributed by atoms with Gasteiger partial charge in [-0.15, -0.1) is 12.4 Å². The second kappa shape index (κ2) is 7.00. The van der Waals surface area contributed by atoms with Crippen molar-refractivity contribution in [3.05, 3.63) is 34.9 Å². The number of aromatic carboxylic acids is 1. The molecule has 8 heteroatoms. The normalized spacial score (nSPS) is 14.5. The van der Waals surface area contributed by atoms with E-state index in [4.69, 9.17) is 16.1 Å². The molecular weight excluding hydrogens is 329 g/mol. The minimum atomic E-state index is -1.05. The Hall–Kier alpha value is -1.76. The molecule has 0 aliphatic carbocycles. The quantitative estimate of drug-likeness (QED) is 0.891. The van der Waals surface area contributed by atoms with Gasteiger partial charge in [-0.25, -0.2) is 4.79 Å². The van der Waals surface area contributed by atoms with Crippen molar-refractivity contribution in [2.75, 3.05) is 31.1 Å². The summed E-state index contributed by atoms with van der Waals surface area (Å²) in [4.78, 5) is 13.5. The van der Waals surface area contributed by atoms with Crippen LogP contribution in [0, 0.1) is 0 Å². The lowest BCUT2D eigenvalue weighted by Crippen LogP contribution is -2.44. The number of nitrogens with zero attached hydrogens (tertiary/aromatic N) is 2. The number of anilines is 1. The Bertz CT molecular complexity index is 652. The molecule has 2 aromatic rings. The van der Waals surface area contributed by atoms with E-state index in [1.807, 2.05) is 4.90 Å². The van der Waals surface area contributed by atoms with Crippen molar-refractivity contribution in [3.8, 4) is 11.3 Å². The number of piperazine rings is 1. The van der Waals surface area contributed by atoms with Crippen LogP contribution in [0.3, 0.4) is 0 Å². The van der Waals surface area contributed by atoms with E-state index in [1.165, 1.54) is 0 Å². The SMILES string of the molecule is Cl.O=C(O)c1c(N2CCNCC2)noc1-c1ccc(Cl)cc1. The van der Waals surface area contributed by atoms with Gasteiger partial charge in [0.15, 0.2) is 17.1 Å². The Morgan fingerprint density at radius 1 is 1.27 bits per heavy atom. The van der Waals surface area contributed by atoms with E-state index in [9.17, 15) is 9.90 Å². The summed E-state index contributed by atoms with van der Waals surface area (Å²) < 4.78 is 5.30. The summed E-state index contributed by atoms with van der Waals surface area (Å²) >= 11 is 5.85. The fraction of sp³-hybridized carbons (Fsp3) is 0.286. The minimum absolute atomic E-state index is 0. The Kier molecular flexibility index (Phi) is 5.28. The molecule has 0 amide bonds. The van der Waals surface area contributed by atoms with Crippen LogP contribution < -0.4 is 10.2 Å². The second-order valence-corrected chi connectivity index (χ2v) is 5.20. The molecule has 0 radical (unpaired) electrons. The van der Waals surface area contributed by atoms with Crippen molar-refractivity contribution < 1.29 is 14.4 Å². The van der Waals surface area contributed by atoms with Crippen LogP contribution in [0.4, 0.5) is 5.82 Å². The Morgan fingerprint density at radius 2 is 1.91 bits per heavy atom. The molecule has 6 nitrogen and oxygen atoms in total. The molecule has 0 unspecified atom stereocenters. The van der Waals surface area contributed by atoms with Gasteiger partial charge in [0.25, 0.3) is 0 Å². The maximum Gasteiger partial charge on any atom is 0.343 e. The first-order valence-corrected chi connectivity index (χ1v) is 6.99. The first-order valence-electron chi connectivity index (χ1n) is 6.61. The number of aromatic nitrogens is 1. The smallest absolute Gasteiger partial charge is 0.343 e. The molecule has 1 aliphatic heterocycles. The average molecular weight is 344 g/mol. The van der Waals surface area contributed by atoms with E-state index < -0.39 is 5.97 Å². The van der Waals surface area contributed by atoms with E-state index in [0.717, 1.165) is 13.1 Å². The van der Waals surface area contributed by atoms with Gasteiger partial charge < -0.3 is 19.8 Å². The van der Waals surface area contributed by atoms with Crippen molar-refractivity contribution in [1.82, 2.24) is 10.5 Å². The predicted octanol–water partition coefficient (Wildman–Crippen LogP) is 2.52. The van der Waals surface area contributed by atoms with E-state index in [0.29, 0.717) is 29.5 Å². The van der Waals surface area contributed by atoms with Crippen LogP contribution in [0.15, 0.2) is 28.8 Å². The van der Waals surface area contributed by atoms with Gasteiger partial charge >= 0.3 is 5.97 Å². The molecule has 0 atom stereocenters. The molecule has 2 heterocycles. The standard InChI is InChI=1S/C14H14ClN3O3.ClH/c15-10-3-1-9(2-4-10)12-11(14(19)20)13(17-21-12)18-7-5-16-6-8-18;/h1-4,16H,5-8H2,(H,19,20);1H. The molecule has 1 aliphatic rings. The lowest BCUT2D eigenvalue weighted by atomic mass is 10.1. The third kappa shape index (κ3) is 3.19. The van der Waals surface area contributed by atoms with Crippen LogP contribution >= 0.6 is 24.0 Å². The summed E-state index contributed by atoms with van der Waals surface area (Å²) in [5.41, 5.74) is 0.741. The number of carbonyl (C=O) groups is 1. The molecule has 1 fully saturated rings. The molecule has 1 aromatic heterocycles. The highest BCUT2D eigenvalue weighted by atomic mass is 35.5. The van der Waals surface area contributed by atoms with Crippen molar-refractivity contribution in [1.29, 1.82) is 0 Å². The highest BCUT2D eigenvalue weighted by Crippen LogP contribution is 2.32. The van der Waals surface area contributed by atoms with Gasteiger partial charge in [-0.05, 0) is 24.3 Å². The number of carboxylic acid groups (broad SMARTS) is 1. The second-order valence-electron chi connectivity index (χ2n) is 4.76. The van der Waals surface area contributed by atoms with E-state index in [2.05, 4.69) is 10.5 Å². The summed E-state index contributed by atoms with van der Waals surface area (Å²) in [6, 6.07) is 6.82. The van der Waals surface area contributed by atoms with Crippen molar-refractivity contribution in [3.63, 3.8) is 0 Å². The van der Waals surface area contributed by atoms with Crippen molar-refractivity contribution in [2.24, 2.45) is 0 Å². The van der Waals surface area contributed by atoms with E-state index >= 15 is 0 Å². The predicted molar refractivity (Wildman–Crippen MR) is 86.2 cm³/mol. The molecule has 0 saturated carbocycles. The van der Waals surface area contributed by atoms with Crippen molar-refractivity contribution >= 4 is 35.8 Å². The van der Waals surface area contributed by atoms with E-state index in [-0.39, 0.29) is 23.7 Å². The first kappa shape index (κ1) is 16.6. The van der Waals surface area contributed by atoms with Crippen LogP contribution in [0.25, 0.3) is 11.3 Å². The maximum atomic E-state index is 11.6. The number of hydrogen-bond acceptors (Lipinski definition) is 5. The highest BCUT2D eigenvalue weighted by Gasteiger charge is 2.28. The molecule has 3 rings (SSSR count). The third-order valence-electron chi connectivity index (χ3n) is 3.41. The Balaban J connectivity index is 0.00000176. The summed E-state index contributed by atoms with van der Waals surface area (Å²) in [5.74, 6) is -0.406. The topological polar surface area (TPSA) is 78.6 Å². The van der Waals surface area contributed by atoms with Gasteiger partial charge in [0.2, 0.25) is 0 Å². The van der Waals surface area contributed by atoms with Gasteiger partial charge in [0.05, 0.1) is 0 Å². The summed E-state index contributed by atoms with van der Waals surface area (Å²) in [5, 5.41) is 17.3. The first-order chi connectivity index (χ1) is 10.2. The number of nitrogens with one attached hydrogen (secondary N) is 1. The number of hydrogen-bond donors (Lipinski definition) is 2. The third-order valence-corrected chi connectivity index (χ3v) is 3.66. The zero-order chi connectivity index (χ0) is 14.8. The minimum Gasteiger partial charge on any atom is -0.477 e. The summed E-state index contributed by atoms with van der Waals surface area (Å²) in [6.45, 7) is 2.99. The van der Waals surface area contributed by atoms with E-state index in [1.54, 1.807) is 24.3 Å². The fourth-order valence-corrected chi connectivity index (χ4v) is 2.49. The zero-order valence-corrected chi connectivity index (χ0v) is 13.2. The van der Waals surface area contributed by atoms with Crippen LogP contribution in [0.5, 0.6) is 0 Å². The molecule has 0 bridgehead atoms. The van der Waals surface area contributed by atoms with Gasteiger partial charge in [0, 0.05) is 36.8 Å². The molecule has 22 heavy (non-hydrogen) atoms. The van der Waals surface area contributed by atoms with Crippen LogP contribution in [-0.4, -0.2) is 42.4 Å². The lowest BCUT2D eigenvalue weighted by molar-refractivity contribution is 0.0697. The number of benzene rings is 1. The molecule has 0 spiro atoms. The number of rotatable bonds is 3. The van der Waals surface area contributed by atoms with Gasteiger partial charge in [-0.1, -0.05) is 16.8 Å². The maximum absolute atomic E-state index is 11.6. The molecular formula is C14H15Cl2N3O3. The van der Waals surface area contributed by atoms with Gasteiger partial charge in [-0.2, -0.15) is 0 Å². The van der Waals surface area contributed by atoms with Gasteiger partial charge in [-0.3, -0.25) is 0 Å². The summed E-state index contributed by atoms with van der Waals surface area (Å²) in [7, 11) is 0. The molecule has 118 valence electrons. The summed E-state index contributed by atoms with van der Waals surface area (Å²) in [6.07, 6.45) is 0.